The Morgan fingerprint density at radius 3 is 2.56 bits per heavy atom. The highest BCUT2D eigenvalue weighted by Crippen LogP contribution is 2.16. The highest BCUT2D eigenvalue weighted by Gasteiger charge is 2.14. The van der Waals surface area contributed by atoms with Crippen LogP contribution in [-0.2, 0) is 4.79 Å². The van der Waals surface area contributed by atoms with E-state index in [9.17, 15) is 4.79 Å². The molecular formula is C9H16N4O2S. The Morgan fingerprint density at radius 1 is 1.44 bits per heavy atom. The van der Waals surface area contributed by atoms with Crippen LogP contribution < -0.4 is 4.90 Å². The molecule has 0 spiro atoms. The van der Waals surface area contributed by atoms with Crippen LogP contribution in [0.5, 0.6) is 0 Å². The van der Waals surface area contributed by atoms with Crippen molar-refractivity contribution in [2.75, 3.05) is 38.6 Å². The van der Waals surface area contributed by atoms with Crippen LogP contribution in [0.3, 0.4) is 0 Å². The molecule has 1 aromatic rings. The number of hydrogen-bond acceptors (Lipinski definition) is 6. The lowest BCUT2D eigenvalue weighted by Crippen LogP contribution is -2.35. The van der Waals surface area contributed by atoms with Crippen molar-refractivity contribution in [3.63, 3.8) is 0 Å². The molecule has 0 bridgehead atoms. The molecule has 16 heavy (non-hydrogen) atoms. The van der Waals surface area contributed by atoms with E-state index in [-0.39, 0.29) is 6.54 Å². The minimum absolute atomic E-state index is 0.0392. The molecule has 0 aliphatic carbocycles. The van der Waals surface area contributed by atoms with Gasteiger partial charge in [0.2, 0.25) is 5.13 Å². The van der Waals surface area contributed by atoms with Gasteiger partial charge in [-0.3, -0.25) is 4.79 Å². The molecule has 1 aromatic heterocycles. The maximum Gasteiger partial charge on any atom is 0.323 e. The van der Waals surface area contributed by atoms with Crippen molar-refractivity contribution in [2.45, 2.75) is 6.92 Å². The second-order valence-corrected chi connectivity index (χ2v) is 4.47. The third-order valence-corrected chi connectivity index (χ3v) is 2.80. The molecule has 0 unspecified atom stereocenters. The van der Waals surface area contributed by atoms with Crippen LogP contribution in [0.1, 0.15) is 5.82 Å². The average Bonchev–Trinajstić information content (AvgIpc) is 2.58. The number of nitrogens with zero attached hydrogens (tertiary/aromatic N) is 4. The normalized spacial score (nSPS) is 10.8. The molecule has 0 radical (unpaired) electrons. The average molecular weight is 244 g/mol. The van der Waals surface area contributed by atoms with Gasteiger partial charge in [-0.25, -0.2) is 4.98 Å². The number of aryl methyl sites for hydroxylation is 1. The third kappa shape index (κ3) is 4.11. The monoisotopic (exact) mass is 244 g/mol. The molecule has 7 heteroatoms. The number of carboxylic acid groups (broad SMARTS) is 1. The molecule has 0 aliphatic heterocycles. The molecule has 0 atom stereocenters. The molecule has 0 amide bonds. The largest absolute Gasteiger partial charge is 0.480 e. The number of hydrogen-bond donors (Lipinski definition) is 1. The molecule has 0 aromatic carbocycles. The molecule has 1 N–H and O–H groups in total. The van der Waals surface area contributed by atoms with Crippen LogP contribution in [0.4, 0.5) is 5.13 Å². The summed E-state index contributed by atoms with van der Waals surface area (Å²) in [4.78, 5) is 18.7. The van der Waals surface area contributed by atoms with Crippen LogP contribution in [0, 0.1) is 6.92 Å². The van der Waals surface area contributed by atoms with Crippen molar-refractivity contribution < 1.29 is 9.90 Å². The van der Waals surface area contributed by atoms with Crippen molar-refractivity contribution in [3.8, 4) is 0 Å². The fraction of sp³-hybridized carbons (Fsp3) is 0.667. The van der Waals surface area contributed by atoms with Gasteiger partial charge < -0.3 is 14.9 Å². The van der Waals surface area contributed by atoms with E-state index >= 15 is 0 Å². The molecule has 6 nitrogen and oxygen atoms in total. The van der Waals surface area contributed by atoms with Gasteiger partial charge in [0.05, 0.1) is 0 Å². The van der Waals surface area contributed by atoms with Gasteiger partial charge in [0.15, 0.2) is 0 Å². The smallest absolute Gasteiger partial charge is 0.323 e. The highest BCUT2D eigenvalue weighted by atomic mass is 32.1. The fourth-order valence-electron chi connectivity index (χ4n) is 1.14. The van der Waals surface area contributed by atoms with E-state index in [0.29, 0.717) is 17.5 Å². The van der Waals surface area contributed by atoms with E-state index in [0.717, 1.165) is 6.54 Å². The minimum Gasteiger partial charge on any atom is -0.480 e. The Labute approximate surface area is 98.7 Å². The predicted octanol–water partition coefficient (Wildman–Crippen LogP) is 0.299. The number of aliphatic carboxylic acids is 1. The zero-order chi connectivity index (χ0) is 12.1. The van der Waals surface area contributed by atoms with Crippen LogP contribution in [0.15, 0.2) is 0 Å². The Balaban J connectivity index is 2.67. The van der Waals surface area contributed by atoms with Crippen LogP contribution in [-0.4, -0.2) is 59.1 Å². The number of rotatable bonds is 6. The summed E-state index contributed by atoms with van der Waals surface area (Å²) in [6.45, 7) is 3.17. The summed E-state index contributed by atoms with van der Waals surface area (Å²) >= 11 is 1.23. The standard InChI is InChI=1S/C9H16N4O2S/c1-7-10-9(16-11-7)13(6-8(14)15)5-4-12(2)3/h4-6H2,1-3H3,(H,14,15). The first-order valence-electron chi connectivity index (χ1n) is 4.91. The zero-order valence-electron chi connectivity index (χ0n) is 9.67. The minimum atomic E-state index is -0.855. The Hall–Kier alpha value is -1.21. The Kier molecular flexibility index (Phi) is 4.63. The lowest BCUT2D eigenvalue weighted by atomic mass is 10.5. The van der Waals surface area contributed by atoms with Gasteiger partial charge in [-0.05, 0) is 21.0 Å². The summed E-state index contributed by atoms with van der Waals surface area (Å²) < 4.78 is 4.05. The van der Waals surface area contributed by atoms with Gasteiger partial charge in [0.1, 0.15) is 12.4 Å². The van der Waals surface area contributed by atoms with E-state index in [1.54, 1.807) is 11.8 Å². The van der Waals surface area contributed by atoms with E-state index in [1.807, 2.05) is 19.0 Å². The van der Waals surface area contributed by atoms with E-state index in [1.165, 1.54) is 11.5 Å². The second kappa shape index (κ2) is 5.76. The van der Waals surface area contributed by atoms with E-state index in [2.05, 4.69) is 9.36 Å². The number of carboxylic acids is 1. The van der Waals surface area contributed by atoms with Crippen molar-refractivity contribution in [3.05, 3.63) is 5.82 Å². The van der Waals surface area contributed by atoms with Crippen LogP contribution >= 0.6 is 11.5 Å². The molecule has 0 saturated carbocycles. The summed E-state index contributed by atoms with van der Waals surface area (Å²) in [6.07, 6.45) is 0. The fourth-order valence-corrected chi connectivity index (χ4v) is 1.84. The van der Waals surface area contributed by atoms with Crippen molar-refractivity contribution in [1.82, 2.24) is 14.3 Å². The Morgan fingerprint density at radius 2 is 2.12 bits per heavy atom. The molecular weight excluding hydrogens is 228 g/mol. The first-order chi connectivity index (χ1) is 7.49. The zero-order valence-corrected chi connectivity index (χ0v) is 10.5. The van der Waals surface area contributed by atoms with Gasteiger partial charge in [-0.2, -0.15) is 4.37 Å². The number of anilines is 1. The molecule has 90 valence electrons. The van der Waals surface area contributed by atoms with Crippen molar-refractivity contribution in [1.29, 1.82) is 0 Å². The molecule has 1 heterocycles. The quantitative estimate of drug-likeness (QED) is 0.776. The van der Waals surface area contributed by atoms with Gasteiger partial charge >= 0.3 is 5.97 Å². The summed E-state index contributed by atoms with van der Waals surface area (Å²) in [5, 5.41) is 9.49. The molecule has 0 saturated heterocycles. The molecule has 0 aliphatic rings. The van der Waals surface area contributed by atoms with Gasteiger partial charge in [-0.15, -0.1) is 0 Å². The number of aromatic nitrogens is 2. The van der Waals surface area contributed by atoms with Gasteiger partial charge in [0, 0.05) is 24.6 Å². The van der Waals surface area contributed by atoms with Crippen LogP contribution in [0.2, 0.25) is 0 Å². The van der Waals surface area contributed by atoms with Crippen molar-refractivity contribution in [2.24, 2.45) is 0 Å². The van der Waals surface area contributed by atoms with Gasteiger partial charge in [0.25, 0.3) is 0 Å². The summed E-state index contributed by atoms with van der Waals surface area (Å²) in [6, 6.07) is 0. The predicted molar refractivity (Wildman–Crippen MR) is 63.0 cm³/mol. The second-order valence-electron chi connectivity index (χ2n) is 3.74. The van der Waals surface area contributed by atoms with Gasteiger partial charge in [-0.1, -0.05) is 0 Å². The summed E-state index contributed by atoms with van der Waals surface area (Å²) in [5.74, 6) is -0.174. The maximum absolute atomic E-state index is 10.7. The van der Waals surface area contributed by atoms with E-state index in [4.69, 9.17) is 5.11 Å². The van der Waals surface area contributed by atoms with Crippen molar-refractivity contribution >= 4 is 22.6 Å². The first-order valence-corrected chi connectivity index (χ1v) is 5.68. The SMILES string of the molecule is Cc1nsc(N(CCN(C)C)CC(=O)O)n1. The highest BCUT2D eigenvalue weighted by molar-refractivity contribution is 7.09. The first kappa shape index (κ1) is 12.9. The molecule has 0 fully saturated rings. The maximum atomic E-state index is 10.7. The number of carbonyl (C=O) groups is 1. The summed E-state index contributed by atoms with van der Waals surface area (Å²) in [5.41, 5.74) is 0. The molecule has 1 rings (SSSR count). The number of likely N-dealkylation sites (N-methyl/N-ethyl adjacent to an activating group) is 1. The van der Waals surface area contributed by atoms with E-state index < -0.39 is 5.97 Å². The summed E-state index contributed by atoms with van der Waals surface area (Å²) in [7, 11) is 3.90. The lowest BCUT2D eigenvalue weighted by molar-refractivity contribution is -0.135. The topological polar surface area (TPSA) is 69.6 Å². The lowest BCUT2D eigenvalue weighted by Gasteiger charge is -2.21. The Bertz CT molecular complexity index is 353. The van der Waals surface area contributed by atoms with Crippen LogP contribution in [0.25, 0.3) is 0 Å². The third-order valence-electron chi connectivity index (χ3n) is 1.93.